The molecule has 49 heavy (non-hydrogen) atoms. The number of anilines is 2. The summed E-state index contributed by atoms with van der Waals surface area (Å²) in [6.07, 6.45) is -0.731. The summed E-state index contributed by atoms with van der Waals surface area (Å²) in [7, 11) is 4.92. The molecular weight excluding hydrogens is 620 g/mol. The van der Waals surface area contributed by atoms with E-state index in [1.165, 1.54) is 4.57 Å². The Hall–Kier alpha value is -5.60. The highest BCUT2D eigenvalue weighted by atomic mass is 16.6. The Bertz CT molecular complexity index is 1960. The van der Waals surface area contributed by atoms with Gasteiger partial charge in [-0.3, -0.25) is 4.57 Å². The molecule has 0 saturated carbocycles. The topological polar surface area (TPSA) is 130 Å². The summed E-state index contributed by atoms with van der Waals surface area (Å²) in [4.78, 5) is 17.4. The highest BCUT2D eigenvalue weighted by Gasteiger charge is 2.42. The first-order valence-corrected chi connectivity index (χ1v) is 15.8. The van der Waals surface area contributed by atoms with Crippen molar-refractivity contribution in [1.82, 2.24) is 9.55 Å². The van der Waals surface area contributed by atoms with Crippen molar-refractivity contribution in [2.24, 2.45) is 0 Å². The minimum absolute atomic E-state index is 0.00346. The molecule has 10 heteroatoms. The highest BCUT2D eigenvalue weighted by molar-refractivity contribution is 5.56. The minimum atomic E-state index is -1.10. The normalized spacial score (nSPS) is 17.2. The van der Waals surface area contributed by atoms with Crippen LogP contribution in [0.2, 0.25) is 0 Å². The number of aliphatic hydroxyl groups is 1. The summed E-state index contributed by atoms with van der Waals surface area (Å²) in [5.74, 6) is 7.91. The molecule has 1 aromatic heterocycles. The summed E-state index contributed by atoms with van der Waals surface area (Å²) in [6.45, 7) is 0.00346. The molecule has 1 saturated heterocycles. The van der Waals surface area contributed by atoms with Crippen molar-refractivity contribution in [3.8, 4) is 23.3 Å². The highest BCUT2D eigenvalue weighted by Crippen LogP contribution is 2.42. The molecule has 4 N–H and O–H groups in total. The zero-order chi connectivity index (χ0) is 34.4. The predicted molar refractivity (Wildman–Crippen MR) is 188 cm³/mol. The number of nitrogens with zero attached hydrogens (tertiary/aromatic N) is 2. The molecular formula is C39H38N4O6. The first-order chi connectivity index (χ1) is 23.8. The van der Waals surface area contributed by atoms with Crippen LogP contribution in [0.1, 0.15) is 40.5 Å². The van der Waals surface area contributed by atoms with E-state index in [4.69, 9.17) is 24.7 Å². The summed E-state index contributed by atoms with van der Waals surface area (Å²) in [5, 5.41) is 14.2. The SMILES string of the molecule is CNc1nc(=O)n([C@H]2C[C@H](O)[C@@H](COC(c3ccccc3)(c3ccc(OC)cc3)c3ccc(OC)cc3)O2)cc1C#Cc1cccc(N)c1. The first-order valence-electron chi connectivity index (χ1n) is 15.8. The third-order valence-electron chi connectivity index (χ3n) is 8.57. The number of rotatable bonds is 10. The molecule has 10 nitrogen and oxygen atoms in total. The van der Waals surface area contributed by atoms with Crippen LogP contribution in [0, 0.1) is 11.8 Å². The monoisotopic (exact) mass is 658 g/mol. The van der Waals surface area contributed by atoms with Crippen molar-refractivity contribution < 1.29 is 24.1 Å². The van der Waals surface area contributed by atoms with E-state index in [0.717, 1.165) is 22.3 Å². The largest absolute Gasteiger partial charge is 0.497 e. The summed E-state index contributed by atoms with van der Waals surface area (Å²) in [5.41, 5.74) is 8.66. The van der Waals surface area contributed by atoms with Crippen LogP contribution >= 0.6 is 0 Å². The van der Waals surface area contributed by atoms with E-state index in [1.54, 1.807) is 39.6 Å². The van der Waals surface area contributed by atoms with Crippen LogP contribution in [0.4, 0.5) is 11.5 Å². The van der Waals surface area contributed by atoms with Crippen LogP contribution in [0.3, 0.4) is 0 Å². The van der Waals surface area contributed by atoms with Crippen LogP contribution in [0.15, 0.2) is 114 Å². The molecule has 250 valence electrons. The molecule has 0 unspecified atom stereocenters. The number of hydrogen-bond donors (Lipinski definition) is 3. The van der Waals surface area contributed by atoms with E-state index in [0.29, 0.717) is 28.6 Å². The Balaban J connectivity index is 1.33. The average molecular weight is 659 g/mol. The van der Waals surface area contributed by atoms with Crippen molar-refractivity contribution in [1.29, 1.82) is 0 Å². The summed E-state index contributed by atoms with van der Waals surface area (Å²) < 4.78 is 25.6. The number of aliphatic hydroxyl groups excluding tert-OH is 1. The minimum Gasteiger partial charge on any atom is -0.497 e. The molecule has 3 atom stereocenters. The smallest absolute Gasteiger partial charge is 0.351 e. The second-order valence-electron chi connectivity index (χ2n) is 11.6. The maximum absolute atomic E-state index is 13.2. The Morgan fingerprint density at radius 3 is 2.14 bits per heavy atom. The van der Waals surface area contributed by atoms with E-state index in [1.807, 2.05) is 91.0 Å². The first kappa shape index (κ1) is 33.3. The van der Waals surface area contributed by atoms with Crippen LogP contribution in [-0.4, -0.2) is 54.7 Å². The van der Waals surface area contributed by atoms with Crippen molar-refractivity contribution in [2.75, 3.05) is 38.9 Å². The molecule has 0 amide bonds. The molecule has 6 rings (SSSR count). The molecule has 4 aromatic carbocycles. The zero-order valence-electron chi connectivity index (χ0n) is 27.5. The lowest BCUT2D eigenvalue weighted by molar-refractivity contribution is -0.0944. The van der Waals surface area contributed by atoms with Gasteiger partial charge in [0.05, 0.1) is 32.5 Å². The van der Waals surface area contributed by atoms with Gasteiger partial charge in [-0.1, -0.05) is 72.5 Å². The molecule has 0 spiro atoms. The number of benzene rings is 4. The maximum atomic E-state index is 13.2. The quantitative estimate of drug-likeness (QED) is 0.109. The number of nitrogens with one attached hydrogen (secondary N) is 1. The number of ether oxygens (including phenoxy) is 4. The van der Waals surface area contributed by atoms with E-state index in [9.17, 15) is 9.90 Å². The lowest BCUT2D eigenvalue weighted by Gasteiger charge is -2.37. The lowest BCUT2D eigenvalue weighted by atomic mass is 9.80. The fourth-order valence-corrected chi connectivity index (χ4v) is 6.03. The standard InChI is InChI=1S/C39H38N4O6/c1-41-37-27(13-12-26-8-7-11-31(40)22-26)24-43(38(45)42-37)36-23-34(44)35(49-36)25-48-39(28-9-5-4-6-10-28,29-14-18-32(46-2)19-15-29)30-16-20-33(47-3)21-17-30/h4-11,14-22,24,34-36,44H,23,25,40H2,1-3H3,(H,41,42,45)/t34-,35+,36+/m0/s1. The van der Waals surface area contributed by atoms with Crippen LogP contribution in [0.25, 0.3) is 0 Å². The molecule has 1 aliphatic rings. The number of nitrogens with two attached hydrogens (primary N) is 1. The van der Waals surface area contributed by atoms with E-state index >= 15 is 0 Å². The Morgan fingerprint density at radius 2 is 1.55 bits per heavy atom. The van der Waals surface area contributed by atoms with Gasteiger partial charge in [-0.15, -0.1) is 0 Å². The van der Waals surface area contributed by atoms with Gasteiger partial charge >= 0.3 is 5.69 Å². The zero-order valence-corrected chi connectivity index (χ0v) is 27.5. The number of hydrogen-bond acceptors (Lipinski definition) is 9. The van der Waals surface area contributed by atoms with Crippen LogP contribution in [-0.2, 0) is 15.1 Å². The van der Waals surface area contributed by atoms with Gasteiger partial charge in [-0.2, -0.15) is 4.98 Å². The molecule has 0 radical (unpaired) electrons. The lowest BCUT2D eigenvalue weighted by Crippen LogP contribution is -2.38. The fraction of sp³-hybridized carbons (Fsp3) is 0.231. The Morgan fingerprint density at radius 1 is 0.918 bits per heavy atom. The third-order valence-corrected chi connectivity index (χ3v) is 8.57. The van der Waals surface area contributed by atoms with E-state index in [-0.39, 0.29) is 13.0 Å². The second-order valence-corrected chi connectivity index (χ2v) is 11.6. The molecule has 1 fully saturated rings. The fourth-order valence-electron chi connectivity index (χ4n) is 6.03. The van der Waals surface area contributed by atoms with Gasteiger partial charge in [0, 0.05) is 30.9 Å². The Kier molecular flexibility index (Phi) is 9.97. The third kappa shape index (κ3) is 7.00. The van der Waals surface area contributed by atoms with Crippen molar-refractivity contribution >= 4 is 11.5 Å². The van der Waals surface area contributed by atoms with Gasteiger partial charge in [0.2, 0.25) is 0 Å². The van der Waals surface area contributed by atoms with Crippen LogP contribution in [0.5, 0.6) is 11.5 Å². The number of nitrogen functional groups attached to an aromatic ring is 1. The van der Waals surface area contributed by atoms with Gasteiger partial charge < -0.3 is 35.1 Å². The average Bonchev–Trinajstić information content (AvgIpc) is 3.51. The van der Waals surface area contributed by atoms with Gasteiger partial charge in [0.1, 0.15) is 35.2 Å². The molecule has 2 heterocycles. The molecule has 0 bridgehead atoms. The van der Waals surface area contributed by atoms with Crippen LogP contribution < -0.4 is 26.2 Å². The van der Waals surface area contributed by atoms with E-state index < -0.39 is 29.7 Å². The van der Waals surface area contributed by atoms with Gasteiger partial charge in [-0.25, -0.2) is 4.79 Å². The Labute approximate surface area is 285 Å². The van der Waals surface area contributed by atoms with Gasteiger partial charge in [0.25, 0.3) is 0 Å². The van der Waals surface area contributed by atoms with Crippen molar-refractivity contribution in [3.05, 3.63) is 148 Å². The van der Waals surface area contributed by atoms with Gasteiger partial charge in [-0.05, 0) is 59.2 Å². The van der Waals surface area contributed by atoms with Crippen molar-refractivity contribution in [3.63, 3.8) is 0 Å². The molecule has 1 aliphatic heterocycles. The van der Waals surface area contributed by atoms with Crippen molar-refractivity contribution in [2.45, 2.75) is 30.5 Å². The van der Waals surface area contributed by atoms with Gasteiger partial charge in [0.15, 0.2) is 0 Å². The second kappa shape index (κ2) is 14.7. The predicted octanol–water partition coefficient (Wildman–Crippen LogP) is 4.94. The maximum Gasteiger partial charge on any atom is 0.351 e. The number of methoxy groups -OCH3 is 2. The van der Waals surface area contributed by atoms with E-state index in [2.05, 4.69) is 22.1 Å². The molecule has 0 aliphatic carbocycles. The summed E-state index contributed by atoms with van der Waals surface area (Å²) >= 11 is 0. The molecule has 5 aromatic rings. The number of aromatic nitrogens is 2. The summed E-state index contributed by atoms with van der Waals surface area (Å²) in [6, 6.07) is 32.5.